The molecule has 46 heavy (non-hydrogen) atoms. The highest BCUT2D eigenvalue weighted by Gasteiger charge is 2.20. The van der Waals surface area contributed by atoms with Gasteiger partial charge >= 0.3 is 0 Å². The Morgan fingerprint density at radius 3 is 1.37 bits per heavy atom. The third-order valence-electron chi connectivity index (χ3n) is 6.78. The number of nitrogens with zero attached hydrogens (tertiary/aromatic N) is 4. The lowest BCUT2D eigenvalue weighted by Gasteiger charge is -2.14. The highest BCUT2D eigenvalue weighted by Crippen LogP contribution is 2.28. The number of thiazole rings is 2. The molecule has 0 spiro atoms. The van der Waals surface area contributed by atoms with E-state index in [0.29, 0.717) is 35.5 Å². The van der Waals surface area contributed by atoms with Gasteiger partial charge in [-0.3, -0.25) is 0 Å². The summed E-state index contributed by atoms with van der Waals surface area (Å²) < 4.78 is 10.8. The van der Waals surface area contributed by atoms with Crippen LogP contribution in [0.4, 0.5) is 0 Å². The second-order valence-corrected chi connectivity index (χ2v) is 17.8. The standard InChI is InChI=1S/C10H17NO.C10H17NS.C9H15NO.C9H15NS/c2*1-7(2)9-11-8(6-12-9)10(3,4)5;2*1-6(2)8-5-10-9(11-8)7(3)4/h2*6-7H,1-5H3;2*5-7H,1-4H3. The summed E-state index contributed by atoms with van der Waals surface area (Å²) in [4.78, 5) is 18.9. The topological polar surface area (TPSA) is 77.8 Å². The van der Waals surface area contributed by atoms with Gasteiger partial charge in [0.1, 0.15) is 12.0 Å². The lowest BCUT2D eigenvalue weighted by molar-refractivity contribution is 0.422. The van der Waals surface area contributed by atoms with E-state index in [9.17, 15) is 0 Å². The molecule has 0 N–H and O–H groups in total. The van der Waals surface area contributed by atoms with Gasteiger partial charge in [0.25, 0.3) is 0 Å². The summed E-state index contributed by atoms with van der Waals surface area (Å²) in [6.07, 6.45) is 5.58. The van der Waals surface area contributed by atoms with Gasteiger partial charge in [0.15, 0.2) is 11.8 Å². The Balaban J connectivity index is 0.000000307. The van der Waals surface area contributed by atoms with Gasteiger partial charge in [-0.15, -0.1) is 22.7 Å². The van der Waals surface area contributed by atoms with E-state index in [2.05, 4.69) is 150 Å². The van der Waals surface area contributed by atoms with E-state index < -0.39 is 0 Å². The first kappa shape index (κ1) is 41.7. The predicted molar refractivity (Wildman–Crippen MR) is 199 cm³/mol. The molecule has 0 fully saturated rings. The molecule has 4 aromatic heterocycles. The van der Waals surface area contributed by atoms with Crippen LogP contribution in [0.1, 0.15) is 204 Å². The zero-order valence-electron chi connectivity index (χ0n) is 32.2. The summed E-state index contributed by atoms with van der Waals surface area (Å²) in [6, 6.07) is 0. The molecule has 0 atom stereocenters. The third-order valence-corrected chi connectivity index (χ3v) is 9.52. The van der Waals surface area contributed by atoms with Gasteiger partial charge < -0.3 is 8.83 Å². The maximum Gasteiger partial charge on any atom is 0.196 e. The zero-order valence-corrected chi connectivity index (χ0v) is 33.8. The van der Waals surface area contributed by atoms with Crippen molar-refractivity contribution in [2.24, 2.45) is 0 Å². The second kappa shape index (κ2) is 18.3. The van der Waals surface area contributed by atoms with Crippen molar-refractivity contribution in [1.82, 2.24) is 19.9 Å². The third kappa shape index (κ3) is 14.2. The van der Waals surface area contributed by atoms with Crippen LogP contribution < -0.4 is 0 Å². The molecule has 0 saturated heterocycles. The Bertz CT molecular complexity index is 1240. The number of rotatable bonds is 6. The van der Waals surface area contributed by atoms with Crippen LogP contribution in [-0.2, 0) is 10.8 Å². The van der Waals surface area contributed by atoms with Crippen LogP contribution in [0.15, 0.2) is 32.9 Å². The number of oxazole rings is 2. The van der Waals surface area contributed by atoms with Crippen LogP contribution in [-0.4, -0.2) is 19.9 Å². The number of aromatic nitrogens is 4. The molecule has 6 nitrogen and oxygen atoms in total. The van der Waals surface area contributed by atoms with Crippen molar-refractivity contribution in [2.45, 2.75) is 171 Å². The molecule has 260 valence electrons. The fraction of sp³-hybridized carbons (Fsp3) is 0.684. The lowest BCUT2D eigenvalue weighted by atomic mass is 9.93. The number of hydrogen-bond donors (Lipinski definition) is 0. The minimum Gasteiger partial charge on any atom is -0.448 e. The molecule has 0 bridgehead atoms. The van der Waals surface area contributed by atoms with Gasteiger partial charge in [-0.1, -0.05) is 125 Å². The molecule has 8 heteroatoms. The second-order valence-electron chi connectivity index (χ2n) is 15.8. The highest BCUT2D eigenvalue weighted by atomic mass is 32.1. The molecular weight excluding hydrogens is 609 g/mol. The van der Waals surface area contributed by atoms with Crippen molar-refractivity contribution in [3.63, 3.8) is 0 Å². The quantitative estimate of drug-likeness (QED) is 0.203. The average molecular weight is 673 g/mol. The van der Waals surface area contributed by atoms with Crippen LogP contribution in [0.5, 0.6) is 0 Å². The first-order valence-electron chi connectivity index (χ1n) is 16.9. The molecule has 4 rings (SSSR count). The van der Waals surface area contributed by atoms with Crippen LogP contribution >= 0.6 is 22.7 Å². The first-order valence-corrected chi connectivity index (χ1v) is 18.6. The van der Waals surface area contributed by atoms with E-state index in [0.717, 1.165) is 23.2 Å². The number of hydrogen-bond acceptors (Lipinski definition) is 8. The molecule has 4 aromatic rings. The van der Waals surface area contributed by atoms with E-state index in [-0.39, 0.29) is 10.8 Å². The zero-order chi connectivity index (χ0) is 35.6. The van der Waals surface area contributed by atoms with Crippen LogP contribution in [0, 0.1) is 0 Å². The molecule has 0 radical (unpaired) electrons. The smallest absolute Gasteiger partial charge is 0.196 e. The minimum absolute atomic E-state index is 0.0939. The van der Waals surface area contributed by atoms with Gasteiger partial charge in [0, 0.05) is 56.9 Å². The minimum atomic E-state index is 0.0939. The van der Waals surface area contributed by atoms with Crippen molar-refractivity contribution in [3.8, 4) is 0 Å². The Morgan fingerprint density at radius 1 is 0.565 bits per heavy atom. The van der Waals surface area contributed by atoms with Gasteiger partial charge in [-0.2, -0.15) is 0 Å². The predicted octanol–water partition coefficient (Wildman–Crippen LogP) is 13.0. The summed E-state index contributed by atoms with van der Waals surface area (Å²) in [7, 11) is 0. The van der Waals surface area contributed by atoms with E-state index >= 15 is 0 Å². The summed E-state index contributed by atoms with van der Waals surface area (Å²) in [5.41, 5.74) is 2.54. The maximum absolute atomic E-state index is 5.50. The SMILES string of the molecule is CC(C)c1cnc(C(C)C)o1.CC(C)c1cnc(C(C)C)s1.CC(C)c1nc(C(C)(C)C)co1.CC(C)c1nc(C(C)(C)C)cs1. The Hall–Kier alpha value is -2.32. The summed E-state index contributed by atoms with van der Waals surface area (Å²) in [5.74, 6) is 5.62. The summed E-state index contributed by atoms with van der Waals surface area (Å²) >= 11 is 3.61. The van der Waals surface area contributed by atoms with Gasteiger partial charge in [0.05, 0.1) is 27.6 Å². The molecular formula is C38H64N4O2S2. The molecule has 0 amide bonds. The van der Waals surface area contributed by atoms with Gasteiger partial charge in [-0.05, 0) is 5.92 Å². The van der Waals surface area contributed by atoms with Crippen molar-refractivity contribution in [3.05, 3.63) is 67.9 Å². The Labute approximate surface area is 289 Å². The van der Waals surface area contributed by atoms with Crippen LogP contribution in [0.2, 0.25) is 0 Å². The van der Waals surface area contributed by atoms with E-state index in [1.165, 1.54) is 20.6 Å². The molecule has 0 unspecified atom stereocenters. The van der Waals surface area contributed by atoms with Crippen molar-refractivity contribution in [1.29, 1.82) is 0 Å². The molecule has 0 saturated carbocycles. The first-order chi connectivity index (χ1) is 21.0. The largest absolute Gasteiger partial charge is 0.448 e. The Morgan fingerprint density at radius 2 is 1.11 bits per heavy atom. The fourth-order valence-corrected chi connectivity index (χ4v) is 5.45. The van der Waals surface area contributed by atoms with Crippen molar-refractivity contribution < 1.29 is 8.83 Å². The van der Waals surface area contributed by atoms with E-state index in [1.807, 2.05) is 23.7 Å². The summed E-state index contributed by atoms with van der Waals surface area (Å²) in [6.45, 7) is 38.7. The van der Waals surface area contributed by atoms with E-state index in [1.54, 1.807) is 17.6 Å². The monoisotopic (exact) mass is 672 g/mol. The normalized spacial score (nSPS) is 12.0. The average Bonchev–Trinajstić information content (AvgIpc) is 3.75. The molecule has 0 aliphatic carbocycles. The lowest BCUT2D eigenvalue weighted by Crippen LogP contribution is -2.11. The summed E-state index contributed by atoms with van der Waals surface area (Å²) in [5, 5.41) is 4.68. The van der Waals surface area contributed by atoms with Crippen molar-refractivity contribution in [2.75, 3.05) is 0 Å². The van der Waals surface area contributed by atoms with Crippen molar-refractivity contribution >= 4 is 22.7 Å². The fourth-order valence-electron chi connectivity index (χ4n) is 3.46. The van der Waals surface area contributed by atoms with E-state index in [4.69, 9.17) is 8.83 Å². The molecule has 4 heterocycles. The highest BCUT2D eigenvalue weighted by molar-refractivity contribution is 7.11. The van der Waals surface area contributed by atoms with Crippen LogP contribution in [0.25, 0.3) is 0 Å². The van der Waals surface area contributed by atoms with Gasteiger partial charge in [-0.25, -0.2) is 19.9 Å². The molecule has 0 aliphatic heterocycles. The Kier molecular flexibility index (Phi) is 16.6. The maximum atomic E-state index is 5.50. The molecule has 0 aromatic carbocycles. The van der Waals surface area contributed by atoms with Gasteiger partial charge in [0.2, 0.25) is 0 Å². The van der Waals surface area contributed by atoms with Crippen LogP contribution in [0.3, 0.4) is 0 Å². The molecule has 0 aliphatic rings.